The van der Waals surface area contributed by atoms with E-state index < -0.39 is 0 Å². The molecule has 4 fully saturated rings. The number of hydrogen-bond acceptors (Lipinski definition) is 20. The van der Waals surface area contributed by atoms with Crippen molar-refractivity contribution in [2.24, 2.45) is 29.1 Å². The highest BCUT2D eigenvalue weighted by Gasteiger charge is 2.62. The summed E-state index contributed by atoms with van der Waals surface area (Å²) in [6.07, 6.45) is 30.0. The number of ether oxygens (including phenoxy) is 8. The van der Waals surface area contributed by atoms with Gasteiger partial charge in [-0.2, -0.15) is 0 Å². The number of hydrogen-bond donors (Lipinski definition) is 4. The van der Waals surface area contributed by atoms with Crippen LogP contribution in [-0.2, 0) is 76.9 Å². The zero-order valence-corrected chi connectivity index (χ0v) is 76.9. The number of aromatic nitrogens is 4. The minimum absolute atomic E-state index is 0.0147. The number of rotatable bonds is 30. The molecule has 0 saturated heterocycles. The van der Waals surface area contributed by atoms with E-state index in [4.69, 9.17) is 37.9 Å². The predicted molar refractivity (Wildman–Crippen MR) is 507 cm³/mol. The molecule has 14 atom stereocenters. The SMILES string of the molecule is CC(C)(C)CCC(=O)C[C@@H]1[C@H]2Oc3ccc(Oc4ccnc5c4CCC(=O)N5)cc3[C@@H]12.CCCCCCCCCC(=O)C[C@@H]1[C@H]2Oc3ccc(Oc4ccnc5c4CCC(=O)N5)cc3[C@@H]12.O=C(C[C@@H]1CCc2ccccc21)C[C@@H]1[C@H]2Oc3ccc(Oc4ccnc5c4CCC(=O)N5)cc3[C@@H]12.O=C(C[C@H]1CCc2ccccc21)C[C@@H]1[C@H]2Oc3ccc(Oc4ccnc5c4CCC(=O)N5)cc3[C@@H]12. The van der Waals surface area contributed by atoms with Gasteiger partial charge in [0.2, 0.25) is 23.6 Å². The Bertz CT molecular complexity index is 6150. The van der Waals surface area contributed by atoms with Gasteiger partial charge in [-0.15, -0.1) is 0 Å². The summed E-state index contributed by atoms with van der Waals surface area (Å²) in [7, 11) is 0. The van der Waals surface area contributed by atoms with Crippen LogP contribution in [0.25, 0.3) is 0 Å². The molecule has 6 aromatic carbocycles. The van der Waals surface area contributed by atoms with Gasteiger partial charge in [0, 0.05) is 194 Å². The van der Waals surface area contributed by atoms with Gasteiger partial charge in [-0.1, -0.05) is 115 Å². The summed E-state index contributed by atoms with van der Waals surface area (Å²) in [5, 5.41) is 11.2. The summed E-state index contributed by atoms with van der Waals surface area (Å²) in [6, 6.07) is 48.1. The number of Topliss-reactive ketones (excluding diaryl/α,β-unsaturated/α-hetero) is 4. The Morgan fingerprint density at radius 2 is 0.644 bits per heavy atom. The lowest BCUT2D eigenvalue weighted by atomic mass is 9.89. The minimum atomic E-state index is -0.0191. The average molecular weight is 1820 g/mol. The molecule has 12 heterocycles. The number of anilines is 4. The normalized spacial score (nSPS) is 23.7. The van der Waals surface area contributed by atoms with Gasteiger partial charge in [0.15, 0.2) is 0 Å². The van der Waals surface area contributed by atoms with Gasteiger partial charge in [-0.25, -0.2) is 19.9 Å². The maximum atomic E-state index is 13.0. The first-order valence-corrected chi connectivity index (χ1v) is 49.0. The second-order valence-electron chi connectivity index (χ2n) is 40.2. The topological polar surface area (TPSA) is 310 Å². The monoisotopic (exact) mass is 1810 g/mol. The Kier molecular flexibility index (Phi) is 24.7. The van der Waals surface area contributed by atoms with Crippen molar-refractivity contribution in [3.05, 3.63) is 237 Å². The van der Waals surface area contributed by atoms with Crippen molar-refractivity contribution in [2.45, 2.75) is 267 Å². The number of nitrogens with one attached hydrogen (secondary N) is 4. The molecule has 0 unspecified atom stereocenters. The average Bonchev–Trinajstić information content (AvgIpc) is 1.57. The van der Waals surface area contributed by atoms with Crippen molar-refractivity contribution >= 4 is 70.0 Å². The van der Waals surface area contributed by atoms with E-state index in [1.54, 1.807) is 24.8 Å². The molecule has 4 amide bonds. The van der Waals surface area contributed by atoms with Gasteiger partial charge in [-0.3, -0.25) is 38.4 Å². The third-order valence-corrected chi connectivity index (χ3v) is 29.7. The fourth-order valence-electron chi connectivity index (χ4n) is 22.4. The van der Waals surface area contributed by atoms with Crippen LogP contribution in [0.3, 0.4) is 0 Å². The smallest absolute Gasteiger partial charge is 0.225 e. The van der Waals surface area contributed by atoms with Crippen LogP contribution in [0.1, 0.15) is 271 Å². The molecule has 24 nitrogen and oxygen atoms in total. The molecule has 0 spiro atoms. The van der Waals surface area contributed by atoms with Crippen LogP contribution in [0.15, 0.2) is 170 Å². The van der Waals surface area contributed by atoms with Crippen LogP contribution in [0.5, 0.6) is 69.0 Å². The van der Waals surface area contributed by atoms with E-state index in [-0.39, 0.29) is 89.0 Å². The maximum Gasteiger partial charge on any atom is 0.225 e. The molecular weight excluding hydrogens is 1700 g/mol. The fraction of sp³-hybridized carbons (Fsp3) is 0.423. The molecule has 14 aliphatic rings. The molecule has 4 saturated carbocycles. The van der Waals surface area contributed by atoms with Crippen molar-refractivity contribution < 1.29 is 76.3 Å². The van der Waals surface area contributed by atoms with E-state index >= 15 is 0 Å². The number of fused-ring (bicyclic) bond motifs is 18. The minimum Gasteiger partial charge on any atom is -0.489 e. The first-order chi connectivity index (χ1) is 65.7. The summed E-state index contributed by atoms with van der Waals surface area (Å²) in [4.78, 5) is 115. The van der Waals surface area contributed by atoms with Crippen molar-refractivity contribution in [1.82, 2.24) is 19.9 Å². The van der Waals surface area contributed by atoms with E-state index in [1.165, 1.54) is 54.4 Å². The molecule has 694 valence electrons. The molecule has 24 heteroatoms. The molecular formula is C111H114N8O16. The quantitative estimate of drug-likeness (QED) is 0.0304. The summed E-state index contributed by atoms with van der Waals surface area (Å²) >= 11 is 0. The maximum absolute atomic E-state index is 13.0. The largest absolute Gasteiger partial charge is 0.489 e. The lowest BCUT2D eigenvalue weighted by Crippen LogP contribution is -2.20. The molecule has 6 aliphatic carbocycles. The Morgan fingerprint density at radius 3 is 0.970 bits per heavy atom. The molecule has 8 aliphatic heterocycles. The van der Waals surface area contributed by atoms with Gasteiger partial charge in [0.1, 0.15) is 140 Å². The van der Waals surface area contributed by atoms with E-state index in [0.717, 1.165) is 141 Å². The highest BCUT2D eigenvalue weighted by atomic mass is 16.5. The van der Waals surface area contributed by atoms with Gasteiger partial charge < -0.3 is 59.2 Å². The Balaban J connectivity index is 0.000000108. The lowest BCUT2D eigenvalue weighted by Gasteiger charge is -2.19. The molecule has 4 N–H and O–H groups in total. The van der Waals surface area contributed by atoms with E-state index in [2.05, 4.69) is 123 Å². The number of benzene rings is 6. The zero-order chi connectivity index (χ0) is 92.3. The number of carbonyl (C=O) groups is 8. The number of pyridine rings is 4. The highest BCUT2D eigenvalue weighted by molar-refractivity contribution is 5.96. The van der Waals surface area contributed by atoms with Crippen LogP contribution >= 0.6 is 0 Å². The lowest BCUT2D eigenvalue weighted by molar-refractivity contribution is -0.120. The number of unbranched alkanes of at least 4 members (excludes halogenated alkanes) is 6. The van der Waals surface area contributed by atoms with Crippen LogP contribution in [0.4, 0.5) is 23.3 Å². The molecule has 0 bridgehead atoms. The number of ketones is 4. The summed E-state index contributed by atoms with van der Waals surface area (Å²) in [5.41, 5.74) is 13.9. The first-order valence-electron chi connectivity index (χ1n) is 49.0. The Labute approximate surface area is 785 Å². The number of aryl methyl sites for hydroxylation is 2. The van der Waals surface area contributed by atoms with Crippen molar-refractivity contribution in [1.29, 1.82) is 0 Å². The standard InChI is InChI=1S/2C29H26N2O4.C28H34N2O4.C25H28N2O4/c2*32-18(13-17-6-5-16-3-1-2-4-20(16)17)14-23-27-22-15-19(7-9-24(22)35-28(23)27)34-25-11-12-30-29-21(25)8-10-26(33)31-29;1-2-3-4-5-6-7-8-9-18(31)16-22-26-21-17-19(10-12-23(21)34-27(22)26)33-24-14-15-29-28-20(24)11-13-25(32)30-28;1-25(2,3)10-8-14(28)12-18-22-17-13-15(4-6-19(17)31-23(18)22)30-20-9-11-26-24-16(20)5-7-21(29)27-24/h2*1-4,7,9,11-12,15,17,23,27-28H,5-6,8,10,13-14H2,(H,30,31,33);10,12,14-15,17,22,26-27H,2-9,11,13,16H2,1H3,(H,29,30,32);4,6,9,11,13,18,22-23H,5,7-8,10,12H2,1-3H3,(H,26,27,29)/t17-,23+,27+,28-;17-,23-,27-,28+;22-,26-,27+;18-,22-,23+/m1000/s1. The first kappa shape index (κ1) is 88.5. The third kappa shape index (κ3) is 19.3. The highest BCUT2D eigenvalue weighted by Crippen LogP contribution is 2.65. The molecule has 0 radical (unpaired) electrons. The van der Waals surface area contributed by atoms with Gasteiger partial charge in [-0.05, 0) is 201 Å². The second-order valence-corrected chi connectivity index (χ2v) is 40.2. The van der Waals surface area contributed by atoms with Crippen LogP contribution in [-0.4, -0.2) is 91.1 Å². The van der Waals surface area contributed by atoms with E-state index in [0.29, 0.717) is 190 Å². The summed E-state index contributed by atoms with van der Waals surface area (Å²) < 4.78 is 49.4. The summed E-state index contributed by atoms with van der Waals surface area (Å²) in [5.74, 6) is 15.9. The van der Waals surface area contributed by atoms with Crippen molar-refractivity contribution in [3.8, 4) is 69.0 Å². The molecule has 4 aromatic heterocycles. The molecule has 135 heavy (non-hydrogen) atoms. The number of carbonyl (C=O) groups excluding carboxylic acids is 8. The predicted octanol–water partition coefficient (Wildman–Crippen LogP) is 22.0. The Morgan fingerprint density at radius 1 is 0.341 bits per heavy atom. The van der Waals surface area contributed by atoms with E-state index in [1.807, 2.05) is 91.0 Å². The Hall–Kier alpha value is -13.1. The van der Waals surface area contributed by atoms with Crippen molar-refractivity contribution in [2.75, 3.05) is 21.3 Å². The van der Waals surface area contributed by atoms with Gasteiger partial charge in [0.25, 0.3) is 0 Å². The number of amides is 4. The second kappa shape index (κ2) is 37.6. The zero-order valence-electron chi connectivity index (χ0n) is 76.9. The van der Waals surface area contributed by atoms with Gasteiger partial charge in [0.05, 0.1) is 0 Å². The van der Waals surface area contributed by atoms with Crippen LogP contribution < -0.4 is 59.2 Å². The molecule has 24 rings (SSSR count). The van der Waals surface area contributed by atoms with Crippen LogP contribution in [0.2, 0.25) is 0 Å². The fourth-order valence-corrected chi connectivity index (χ4v) is 22.4. The molecule has 10 aromatic rings. The third-order valence-electron chi connectivity index (χ3n) is 29.7. The van der Waals surface area contributed by atoms with E-state index in [9.17, 15) is 38.4 Å². The number of nitrogens with zero attached hydrogens (tertiary/aromatic N) is 4. The van der Waals surface area contributed by atoms with Crippen LogP contribution in [0, 0.1) is 29.1 Å². The van der Waals surface area contributed by atoms with Crippen molar-refractivity contribution in [3.63, 3.8) is 0 Å². The van der Waals surface area contributed by atoms with Gasteiger partial charge >= 0.3 is 0 Å². The summed E-state index contributed by atoms with van der Waals surface area (Å²) in [6.45, 7) is 8.74.